The Labute approximate surface area is 104 Å². The second-order valence-corrected chi connectivity index (χ2v) is 6.14. The minimum Gasteiger partial charge on any atom is -0.384 e. The summed E-state index contributed by atoms with van der Waals surface area (Å²) < 4.78 is 7.50. The number of ether oxygens (including phenoxy) is 1. The lowest BCUT2D eigenvalue weighted by Gasteiger charge is -2.25. The number of imidazole rings is 1. The van der Waals surface area contributed by atoms with E-state index < -0.39 is 0 Å². The van der Waals surface area contributed by atoms with Gasteiger partial charge in [0.15, 0.2) is 0 Å². The van der Waals surface area contributed by atoms with Crippen molar-refractivity contribution in [3.63, 3.8) is 0 Å². The summed E-state index contributed by atoms with van der Waals surface area (Å²) >= 11 is 0. The van der Waals surface area contributed by atoms with Crippen LogP contribution in [0.15, 0.2) is 0 Å². The van der Waals surface area contributed by atoms with Crippen molar-refractivity contribution in [2.75, 3.05) is 12.8 Å². The van der Waals surface area contributed by atoms with Crippen molar-refractivity contribution in [3.05, 3.63) is 11.5 Å². The quantitative estimate of drug-likeness (QED) is 0.881. The van der Waals surface area contributed by atoms with Gasteiger partial charge in [0.05, 0.1) is 11.3 Å². The average molecular weight is 239 g/mol. The third kappa shape index (κ3) is 3.00. The van der Waals surface area contributed by atoms with Crippen LogP contribution in [0.2, 0.25) is 0 Å². The fourth-order valence-corrected chi connectivity index (χ4v) is 2.06. The van der Waals surface area contributed by atoms with Crippen LogP contribution >= 0.6 is 0 Å². The van der Waals surface area contributed by atoms with E-state index in [1.807, 2.05) is 20.8 Å². The molecule has 0 radical (unpaired) electrons. The third-order valence-electron chi connectivity index (χ3n) is 2.97. The van der Waals surface area contributed by atoms with Crippen LogP contribution in [0.4, 0.5) is 5.82 Å². The monoisotopic (exact) mass is 239 g/mol. The van der Waals surface area contributed by atoms with Crippen molar-refractivity contribution >= 4 is 5.82 Å². The van der Waals surface area contributed by atoms with Crippen LogP contribution in [0, 0.1) is 6.92 Å². The van der Waals surface area contributed by atoms with Crippen molar-refractivity contribution in [1.29, 1.82) is 0 Å². The second kappa shape index (κ2) is 4.33. The molecule has 0 unspecified atom stereocenters. The lowest BCUT2D eigenvalue weighted by atomic mass is 10.0. The van der Waals surface area contributed by atoms with Crippen molar-refractivity contribution in [3.8, 4) is 0 Å². The van der Waals surface area contributed by atoms with E-state index in [4.69, 9.17) is 10.5 Å². The van der Waals surface area contributed by atoms with Gasteiger partial charge in [-0.25, -0.2) is 4.98 Å². The summed E-state index contributed by atoms with van der Waals surface area (Å²) in [5, 5.41) is 0. The predicted octanol–water partition coefficient (Wildman–Crippen LogP) is 2.50. The molecular formula is C13H25N3O. The van der Waals surface area contributed by atoms with E-state index in [1.54, 1.807) is 7.11 Å². The summed E-state index contributed by atoms with van der Waals surface area (Å²) in [5.74, 6) is 1.71. The summed E-state index contributed by atoms with van der Waals surface area (Å²) in [5.41, 5.74) is 6.83. The second-order valence-electron chi connectivity index (χ2n) is 6.14. The van der Waals surface area contributed by atoms with E-state index in [1.165, 1.54) is 0 Å². The van der Waals surface area contributed by atoms with Crippen LogP contribution in [-0.2, 0) is 16.7 Å². The number of aryl methyl sites for hydroxylation is 1. The molecule has 0 bridgehead atoms. The van der Waals surface area contributed by atoms with E-state index >= 15 is 0 Å². The minimum absolute atomic E-state index is 0.0450. The lowest BCUT2D eigenvalue weighted by Crippen LogP contribution is -2.27. The van der Waals surface area contributed by atoms with Crippen LogP contribution in [0.5, 0.6) is 0 Å². The molecule has 98 valence electrons. The van der Waals surface area contributed by atoms with Crippen molar-refractivity contribution in [2.45, 2.75) is 59.1 Å². The van der Waals surface area contributed by atoms with Crippen LogP contribution in [0.25, 0.3) is 0 Å². The van der Waals surface area contributed by atoms with E-state index in [2.05, 4.69) is 30.3 Å². The Kier molecular flexibility index (Phi) is 3.58. The largest absolute Gasteiger partial charge is 0.384 e. The van der Waals surface area contributed by atoms with Gasteiger partial charge >= 0.3 is 0 Å². The number of hydrogen-bond acceptors (Lipinski definition) is 3. The number of nitrogen functional groups attached to an aromatic ring is 1. The first-order valence-electron chi connectivity index (χ1n) is 5.98. The molecule has 0 aliphatic carbocycles. The highest BCUT2D eigenvalue weighted by molar-refractivity contribution is 5.40. The number of methoxy groups -OCH3 is 1. The maximum absolute atomic E-state index is 6.20. The number of nitrogens with two attached hydrogens (primary N) is 1. The van der Waals surface area contributed by atoms with Gasteiger partial charge in [-0.2, -0.15) is 0 Å². The summed E-state index contributed by atoms with van der Waals surface area (Å²) in [6.07, 6.45) is 0.721. The summed E-state index contributed by atoms with van der Waals surface area (Å²) in [6.45, 7) is 12.5. The summed E-state index contributed by atoms with van der Waals surface area (Å²) in [4.78, 5) is 4.57. The average Bonchev–Trinajstić information content (AvgIpc) is 2.40. The third-order valence-corrected chi connectivity index (χ3v) is 2.97. The van der Waals surface area contributed by atoms with Crippen LogP contribution in [-0.4, -0.2) is 22.3 Å². The van der Waals surface area contributed by atoms with Gasteiger partial charge in [-0.15, -0.1) is 0 Å². The number of aromatic nitrogens is 2. The van der Waals surface area contributed by atoms with Crippen LogP contribution in [0.1, 0.15) is 46.1 Å². The molecule has 0 aliphatic heterocycles. The maximum atomic E-state index is 6.20. The smallest absolute Gasteiger partial charge is 0.127 e. The zero-order chi connectivity index (χ0) is 13.4. The van der Waals surface area contributed by atoms with E-state index in [9.17, 15) is 0 Å². The Morgan fingerprint density at radius 2 is 1.76 bits per heavy atom. The Hall–Kier alpha value is -1.03. The number of nitrogens with zero attached hydrogens (tertiary/aromatic N) is 2. The van der Waals surface area contributed by atoms with Crippen LogP contribution in [0.3, 0.4) is 0 Å². The minimum atomic E-state index is -0.238. The zero-order valence-corrected chi connectivity index (χ0v) is 12.1. The molecule has 1 aromatic rings. The molecule has 1 aromatic heterocycles. The van der Waals surface area contributed by atoms with Gasteiger partial charge in [-0.05, 0) is 41.5 Å². The molecule has 2 N–H and O–H groups in total. The first-order chi connectivity index (χ1) is 7.58. The van der Waals surface area contributed by atoms with Crippen molar-refractivity contribution in [2.24, 2.45) is 0 Å². The zero-order valence-electron chi connectivity index (χ0n) is 12.1. The molecular weight excluding hydrogens is 214 g/mol. The number of anilines is 1. The van der Waals surface area contributed by atoms with Crippen LogP contribution < -0.4 is 5.73 Å². The van der Waals surface area contributed by atoms with Gasteiger partial charge in [0.2, 0.25) is 0 Å². The topological polar surface area (TPSA) is 53.1 Å². The SMILES string of the molecule is COC(C)(C)Cc1nc(C)n(C(C)(C)C)c1N. The van der Waals surface area contributed by atoms with E-state index in [-0.39, 0.29) is 11.1 Å². The van der Waals surface area contributed by atoms with Gasteiger partial charge in [0.25, 0.3) is 0 Å². The van der Waals surface area contributed by atoms with Gasteiger partial charge in [-0.3, -0.25) is 0 Å². The highest BCUT2D eigenvalue weighted by Gasteiger charge is 2.26. The molecule has 1 rings (SSSR count). The van der Waals surface area contributed by atoms with Gasteiger partial charge < -0.3 is 15.0 Å². The molecule has 0 aliphatic rings. The predicted molar refractivity (Wildman–Crippen MR) is 71.2 cm³/mol. The first-order valence-corrected chi connectivity index (χ1v) is 5.98. The highest BCUT2D eigenvalue weighted by atomic mass is 16.5. The number of hydrogen-bond donors (Lipinski definition) is 1. The molecule has 0 saturated carbocycles. The maximum Gasteiger partial charge on any atom is 0.127 e. The fraction of sp³-hybridized carbons (Fsp3) is 0.769. The molecule has 0 fully saturated rings. The Morgan fingerprint density at radius 3 is 2.12 bits per heavy atom. The Balaban J connectivity index is 3.14. The molecule has 0 spiro atoms. The van der Waals surface area contributed by atoms with Gasteiger partial charge in [0, 0.05) is 19.1 Å². The molecule has 0 atom stereocenters. The van der Waals surface area contributed by atoms with Gasteiger partial charge in [0.1, 0.15) is 11.6 Å². The summed E-state index contributed by atoms with van der Waals surface area (Å²) in [7, 11) is 1.71. The standard InChI is InChI=1S/C13H25N3O/c1-9-15-10(8-13(5,6)17-7)11(14)16(9)12(2,3)4/h8,14H2,1-7H3. The van der Waals surface area contributed by atoms with Gasteiger partial charge in [-0.1, -0.05) is 0 Å². The van der Waals surface area contributed by atoms with E-state index in [0.29, 0.717) is 0 Å². The van der Waals surface area contributed by atoms with Crippen molar-refractivity contribution < 1.29 is 4.74 Å². The molecule has 0 saturated heterocycles. The van der Waals surface area contributed by atoms with Crippen molar-refractivity contribution in [1.82, 2.24) is 9.55 Å². The normalized spacial score (nSPS) is 13.1. The molecule has 4 heteroatoms. The number of rotatable bonds is 3. The Morgan fingerprint density at radius 1 is 1.24 bits per heavy atom. The molecule has 0 amide bonds. The fourth-order valence-electron chi connectivity index (χ4n) is 2.06. The van der Waals surface area contributed by atoms with E-state index in [0.717, 1.165) is 23.8 Å². The molecule has 0 aromatic carbocycles. The summed E-state index contributed by atoms with van der Waals surface area (Å²) in [6, 6.07) is 0. The highest BCUT2D eigenvalue weighted by Crippen LogP contribution is 2.27. The Bertz CT molecular complexity index is 400. The first kappa shape index (κ1) is 14.0. The molecule has 1 heterocycles. The molecule has 17 heavy (non-hydrogen) atoms. The molecule has 4 nitrogen and oxygen atoms in total. The lowest BCUT2D eigenvalue weighted by molar-refractivity contribution is 0.0226.